The third-order valence-electron chi connectivity index (χ3n) is 5.54. The fraction of sp³-hybridized carbons (Fsp3) is 0.154. The largest absolute Gasteiger partial charge is 0.486 e. The average Bonchev–Trinajstić information content (AvgIpc) is 3.25. The first kappa shape index (κ1) is 20.6. The highest BCUT2D eigenvalue weighted by atomic mass is 16.6. The summed E-state index contributed by atoms with van der Waals surface area (Å²) < 4.78 is 11.1. The van der Waals surface area contributed by atoms with Gasteiger partial charge in [-0.25, -0.2) is 0 Å². The predicted molar refractivity (Wildman–Crippen MR) is 125 cm³/mol. The zero-order valence-corrected chi connectivity index (χ0v) is 17.8. The van der Waals surface area contributed by atoms with Gasteiger partial charge in [-0.3, -0.25) is 9.59 Å². The highest BCUT2D eigenvalue weighted by Gasteiger charge is 2.24. The molecule has 33 heavy (non-hydrogen) atoms. The zero-order chi connectivity index (χ0) is 22.6. The summed E-state index contributed by atoms with van der Waals surface area (Å²) in [6, 6.07) is 21.4. The van der Waals surface area contributed by atoms with Gasteiger partial charge in [-0.2, -0.15) is 0 Å². The minimum absolute atomic E-state index is 0.157. The Morgan fingerprint density at radius 3 is 2.52 bits per heavy atom. The van der Waals surface area contributed by atoms with Crippen LogP contribution in [0.15, 0.2) is 79.0 Å². The molecule has 2 heterocycles. The molecule has 166 valence electrons. The van der Waals surface area contributed by atoms with Crippen LogP contribution in [0.1, 0.15) is 17.2 Å². The third kappa shape index (κ3) is 4.52. The van der Waals surface area contributed by atoms with Crippen LogP contribution < -0.4 is 20.1 Å². The Kier molecular flexibility index (Phi) is 5.68. The number of para-hydroxylation sites is 1. The SMILES string of the molecule is O=C(Cc1c[nH]c2ccccc12)NC(C(=O)Nc1ccc2c(c1)OCCO2)c1ccccc1. The van der Waals surface area contributed by atoms with Gasteiger partial charge in [0.25, 0.3) is 5.91 Å². The number of hydrogen-bond acceptors (Lipinski definition) is 4. The minimum atomic E-state index is -0.850. The maximum absolute atomic E-state index is 13.2. The Bertz CT molecular complexity index is 1300. The van der Waals surface area contributed by atoms with Crippen LogP contribution in [0.3, 0.4) is 0 Å². The molecule has 7 nitrogen and oxygen atoms in total. The van der Waals surface area contributed by atoms with Gasteiger partial charge in [0.05, 0.1) is 6.42 Å². The van der Waals surface area contributed by atoms with Crippen LogP contribution in [-0.2, 0) is 16.0 Å². The molecule has 0 saturated carbocycles. The van der Waals surface area contributed by atoms with Gasteiger partial charge in [0.1, 0.15) is 19.3 Å². The topological polar surface area (TPSA) is 92.5 Å². The van der Waals surface area contributed by atoms with Crippen molar-refractivity contribution in [3.05, 3.63) is 90.1 Å². The Morgan fingerprint density at radius 1 is 0.909 bits per heavy atom. The van der Waals surface area contributed by atoms with Gasteiger partial charge in [-0.05, 0) is 29.3 Å². The van der Waals surface area contributed by atoms with E-state index >= 15 is 0 Å². The zero-order valence-electron chi connectivity index (χ0n) is 17.8. The van der Waals surface area contributed by atoms with Crippen molar-refractivity contribution in [2.45, 2.75) is 12.5 Å². The van der Waals surface area contributed by atoms with Crippen LogP contribution in [0, 0.1) is 0 Å². The first-order valence-corrected chi connectivity index (χ1v) is 10.8. The van der Waals surface area contributed by atoms with Crippen molar-refractivity contribution in [1.29, 1.82) is 0 Å². The fourth-order valence-electron chi connectivity index (χ4n) is 3.94. The van der Waals surface area contributed by atoms with Crippen LogP contribution >= 0.6 is 0 Å². The summed E-state index contributed by atoms with van der Waals surface area (Å²) in [5, 5.41) is 6.78. The second-order valence-electron chi connectivity index (χ2n) is 7.80. The molecule has 4 aromatic rings. The average molecular weight is 441 g/mol. The van der Waals surface area contributed by atoms with Crippen LogP contribution in [0.2, 0.25) is 0 Å². The number of hydrogen-bond donors (Lipinski definition) is 3. The van der Waals surface area contributed by atoms with Gasteiger partial charge in [0.2, 0.25) is 5.91 Å². The molecule has 1 unspecified atom stereocenters. The van der Waals surface area contributed by atoms with E-state index in [0.29, 0.717) is 36.0 Å². The fourth-order valence-corrected chi connectivity index (χ4v) is 3.94. The molecule has 1 aliphatic heterocycles. The number of rotatable bonds is 6. The molecule has 1 atom stereocenters. The molecule has 3 aromatic carbocycles. The van der Waals surface area contributed by atoms with Crippen LogP contribution in [0.25, 0.3) is 10.9 Å². The van der Waals surface area contributed by atoms with Gasteiger partial charge in [0.15, 0.2) is 11.5 Å². The molecule has 0 bridgehead atoms. The van der Waals surface area contributed by atoms with Crippen molar-refractivity contribution in [1.82, 2.24) is 10.3 Å². The van der Waals surface area contributed by atoms with E-state index in [1.54, 1.807) is 18.2 Å². The van der Waals surface area contributed by atoms with Gasteiger partial charge < -0.3 is 25.1 Å². The van der Waals surface area contributed by atoms with E-state index in [0.717, 1.165) is 16.5 Å². The summed E-state index contributed by atoms with van der Waals surface area (Å²) in [7, 11) is 0. The van der Waals surface area contributed by atoms with Crippen molar-refractivity contribution in [3.8, 4) is 11.5 Å². The number of H-pyrrole nitrogens is 1. The van der Waals surface area contributed by atoms with Crippen molar-refractivity contribution in [3.63, 3.8) is 0 Å². The Hall–Kier alpha value is -4.26. The van der Waals surface area contributed by atoms with Crippen LogP contribution in [0.4, 0.5) is 5.69 Å². The molecule has 5 rings (SSSR count). The molecule has 0 fully saturated rings. The quantitative estimate of drug-likeness (QED) is 0.422. The predicted octanol–water partition coefficient (Wildman–Crippen LogP) is 3.98. The lowest BCUT2D eigenvalue weighted by Crippen LogP contribution is -2.37. The second-order valence-corrected chi connectivity index (χ2v) is 7.80. The number of benzene rings is 3. The van der Waals surface area contributed by atoms with Gasteiger partial charge >= 0.3 is 0 Å². The molecule has 1 aliphatic rings. The van der Waals surface area contributed by atoms with Crippen LogP contribution in [-0.4, -0.2) is 30.0 Å². The van der Waals surface area contributed by atoms with E-state index in [-0.39, 0.29) is 18.2 Å². The maximum atomic E-state index is 13.2. The molecule has 0 aliphatic carbocycles. The molecular formula is C26H23N3O4. The van der Waals surface area contributed by atoms with Crippen molar-refractivity contribution < 1.29 is 19.1 Å². The standard InChI is InChI=1S/C26H23N3O4/c30-24(14-18-16-27-21-9-5-4-8-20(18)21)29-25(17-6-2-1-3-7-17)26(31)28-19-10-11-22-23(15-19)33-13-12-32-22/h1-11,15-16,25,27H,12-14H2,(H,28,31)(H,29,30). The highest BCUT2D eigenvalue weighted by Crippen LogP contribution is 2.33. The van der Waals surface area contributed by atoms with E-state index in [4.69, 9.17) is 9.47 Å². The number of aromatic amines is 1. The number of carbonyl (C=O) groups excluding carboxylic acids is 2. The number of anilines is 1. The number of fused-ring (bicyclic) bond motifs is 2. The lowest BCUT2D eigenvalue weighted by molar-refractivity contribution is -0.126. The Morgan fingerprint density at radius 2 is 1.67 bits per heavy atom. The van der Waals surface area contributed by atoms with Crippen molar-refractivity contribution in [2.75, 3.05) is 18.5 Å². The number of carbonyl (C=O) groups is 2. The summed E-state index contributed by atoms with van der Waals surface area (Å²) in [6.45, 7) is 0.957. The van der Waals surface area contributed by atoms with E-state index in [2.05, 4.69) is 15.6 Å². The molecule has 0 saturated heterocycles. The van der Waals surface area contributed by atoms with Gasteiger partial charge in [-0.1, -0.05) is 48.5 Å². The van der Waals surface area contributed by atoms with E-state index in [1.165, 1.54) is 0 Å². The normalized spacial score (nSPS) is 13.3. The van der Waals surface area contributed by atoms with E-state index < -0.39 is 6.04 Å². The van der Waals surface area contributed by atoms with Crippen LogP contribution in [0.5, 0.6) is 11.5 Å². The number of amides is 2. The molecular weight excluding hydrogens is 418 g/mol. The summed E-state index contributed by atoms with van der Waals surface area (Å²) in [5.41, 5.74) is 3.11. The van der Waals surface area contributed by atoms with Crippen molar-refractivity contribution in [2.24, 2.45) is 0 Å². The molecule has 0 spiro atoms. The maximum Gasteiger partial charge on any atom is 0.251 e. The Labute approximate surface area is 190 Å². The summed E-state index contributed by atoms with van der Waals surface area (Å²) >= 11 is 0. The molecule has 3 N–H and O–H groups in total. The second kappa shape index (κ2) is 9.08. The lowest BCUT2D eigenvalue weighted by atomic mass is 10.0. The first-order chi connectivity index (χ1) is 16.2. The third-order valence-corrected chi connectivity index (χ3v) is 5.54. The number of ether oxygens (including phenoxy) is 2. The monoisotopic (exact) mass is 441 g/mol. The smallest absolute Gasteiger partial charge is 0.251 e. The summed E-state index contributed by atoms with van der Waals surface area (Å²) in [6.07, 6.45) is 1.99. The minimum Gasteiger partial charge on any atom is -0.486 e. The van der Waals surface area contributed by atoms with Gasteiger partial charge in [0, 0.05) is 28.9 Å². The highest BCUT2D eigenvalue weighted by molar-refractivity contribution is 5.99. The van der Waals surface area contributed by atoms with Gasteiger partial charge in [-0.15, -0.1) is 0 Å². The Balaban J connectivity index is 1.34. The molecule has 7 heteroatoms. The van der Waals surface area contributed by atoms with E-state index in [1.807, 2.05) is 60.8 Å². The summed E-state index contributed by atoms with van der Waals surface area (Å²) in [5.74, 6) is 0.639. The lowest BCUT2D eigenvalue weighted by Gasteiger charge is -2.21. The molecule has 0 radical (unpaired) electrons. The number of aromatic nitrogens is 1. The molecule has 1 aromatic heterocycles. The van der Waals surface area contributed by atoms with E-state index in [9.17, 15) is 9.59 Å². The molecule has 2 amide bonds. The summed E-state index contributed by atoms with van der Waals surface area (Å²) in [4.78, 5) is 29.3. The first-order valence-electron chi connectivity index (χ1n) is 10.8. The number of nitrogens with one attached hydrogen (secondary N) is 3. The van der Waals surface area contributed by atoms with Crippen molar-refractivity contribution >= 4 is 28.4 Å².